The van der Waals surface area contributed by atoms with E-state index in [0.29, 0.717) is 25.7 Å². The highest BCUT2D eigenvalue weighted by molar-refractivity contribution is 6.27. The summed E-state index contributed by atoms with van der Waals surface area (Å²) in [5.41, 5.74) is 0. The maximum absolute atomic E-state index is 12.5. The molecular weight excluding hydrogens is 632 g/mol. The Labute approximate surface area is 306 Å². The van der Waals surface area contributed by atoms with Crippen LogP contribution < -0.4 is 28.4 Å². The minimum atomic E-state index is -0.779. The van der Waals surface area contributed by atoms with Crippen molar-refractivity contribution in [3.05, 3.63) is 36.3 Å². The average molecular weight is 695 g/mol. The number of carbonyl (C=O) groups is 2. The molecule has 0 bridgehead atoms. The van der Waals surface area contributed by atoms with Crippen LogP contribution in [0.5, 0.6) is 34.5 Å². The zero-order chi connectivity index (χ0) is 41.1. The maximum atomic E-state index is 12.5. The first-order chi connectivity index (χ1) is 26.9. The van der Waals surface area contributed by atoms with E-state index < -0.39 is 24.0 Å². The number of ether oxygens (including phenoxy) is 6. The topological polar surface area (TPSA) is 89.5 Å². The van der Waals surface area contributed by atoms with Gasteiger partial charge in [-0.25, -0.2) is 0 Å². The molecule has 4 aromatic carbocycles. The van der Waals surface area contributed by atoms with Crippen molar-refractivity contribution in [3.63, 3.8) is 0 Å². The molecule has 0 N–H and O–H groups in total. The molecule has 0 heterocycles. The van der Waals surface area contributed by atoms with Crippen LogP contribution in [0.1, 0.15) is 127 Å². The van der Waals surface area contributed by atoms with Gasteiger partial charge in [0.1, 0.15) is 0 Å². The summed E-state index contributed by atoms with van der Waals surface area (Å²) in [7, 11) is 0. The molecule has 0 aliphatic heterocycles. The Morgan fingerprint density at radius 1 is 0.420 bits per heavy atom. The molecule has 0 atom stereocenters. The lowest BCUT2D eigenvalue weighted by Crippen LogP contribution is -2.06. The third-order valence-electron chi connectivity index (χ3n) is 8.02. The third kappa shape index (κ3) is 10.4. The normalized spacial score (nSPS) is 12.9. The van der Waals surface area contributed by atoms with Crippen molar-refractivity contribution < 1.29 is 46.2 Å². The van der Waals surface area contributed by atoms with E-state index in [9.17, 15) is 17.8 Å². The maximum Gasteiger partial charge on any atom is 0.308 e. The van der Waals surface area contributed by atoms with Gasteiger partial charge in [0.25, 0.3) is 0 Å². The van der Waals surface area contributed by atoms with Gasteiger partial charge in [-0.3, -0.25) is 9.59 Å². The van der Waals surface area contributed by atoms with Crippen LogP contribution in [-0.4, -0.2) is 38.4 Å². The first-order valence-electron chi connectivity index (χ1n) is 21.3. The average Bonchev–Trinajstić information content (AvgIpc) is 3.16. The molecular formula is C42H56O8. The second kappa shape index (κ2) is 19.9. The predicted molar refractivity (Wildman–Crippen MR) is 202 cm³/mol. The first-order valence-corrected chi connectivity index (χ1v) is 18.3. The van der Waals surface area contributed by atoms with Gasteiger partial charge in [0.05, 0.1) is 34.7 Å². The summed E-state index contributed by atoms with van der Waals surface area (Å²) in [6, 6.07) is -2.07. The molecule has 4 aromatic rings. The van der Waals surface area contributed by atoms with Crippen LogP contribution in [0, 0.1) is 0 Å². The highest BCUT2D eigenvalue weighted by Crippen LogP contribution is 2.47. The summed E-state index contributed by atoms with van der Waals surface area (Å²) in [5.74, 6) is -2.73. The van der Waals surface area contributed by atoms with E-state index >= 15 is 0 Å². The van der Waals surface area contributed by atoms with E-state index in [1.807, 2.05) is 13.8 Å². The van der Waals surface area contributed by atoms with E-state index in [1.54, 1.807) is 0 Å². The molecule has 8 nitrogen and oxygen atoms in total. The van der Waals surface area contributed by atoms with Gasteiger partial charge in [0.15, 0.2) is 34.5 Å². The van der Waals surface area contributed by atoms with Gasteiger partial charge in [-0.1, -0.05) is 79.1 Å². The molecule has 8 heteroatoms. The first kappa shape index (κ1) is 30.6. The van der Waals surface area contributed by atoms with Crippen molar-refractivity contribution in [2.45, 2.75) is 119 Å². The zero-order valence-corrected chi connectivity index (χ0v) is 30.6. The predicted octanol–water partition coefficient (Wildman–Crippen LogP) is 11.3. The van der Waals surface area contributed by atoms with Crippen LogP contribution in [-0.2, 0) is 9.59 Å². The number of fused-ring (bicyclic) bond motifs is 6. The molecule has 0 unspecified atom stereocenters. The van der Waals surface area contributed by atoms with Gasteiger partial charge < -0.3 is 28.4 Å². The van der Waals surface area contributed by atoms with Gasteiger partial charge in [-0.05, 0) is 94.3 Å². The van der Waals surface area contributed by atoms with Crippen LogP contribution >= 0.6 is 0 Å². The lowest BCUT2D eigenvalue weighted by molar-refractivity contribution is -0.132. The van der Waals surface area contributed by atoms with Crippen molar-refractivity contribution >= 4 is 44.3 Å². The van der Waals surface area contributed by atoms with Gasteiger partial charge >= 0.3 is 11.9 Å². The molecule has 0 aliphatic rings. The fourth-order valence-corrected chi connectivity index (χ4v) is 5.46. The lowest BCUT2D eigenvalue weighted by atomic mass is 9.93. The summed E-state index contributed by atoms with van der Waals surface area (Å²) in [5, 5.41) is -0.347. The second-order valence-corrected chi connectivity index (χ2v) is 12.4. The third-order valence-corrected chi connectivity index (χ3v) is 8.02. The standard InChI is InChI=1S/C42H56O8/c1-7-11-15-19-45-37-23-31-32(24-38(37)46-20-16-12-8-2)34-26-40(48-22-18-14-10-4)42(50-30(6)44)28-36(34)35-27-41(49-29(5)43)39(25-33(31)35)47-21-17-13-9-3/h23-28H,7-22H2,1-6H3/i23D,24D,25D,26D,27D,28D. The summed E-state index contributed by atoms with van der Waals surface area (Å²) >= 11 is 0. The van der Waals surface area contributed by atoms with E-state index in [2.05, 4.69) is 13.8 Å². The monoisotopic (exact) mass is 694 g/mol. The summed E-state index contributed by atoms with van der Waals surface area (Å²) in [6.07, 6.45) is 9.58. The molecule has 0 saturated heterocycles. The van der Waals surface area contributed by atoms with E-state index in [0.717, 1.165) is 65.2 Å². The number of esters is 2. The van der Waals surface area contributed by atoms with Crippen molar-refractivity contribution in [2.24, 2.45) is 0 Å². The van der Waals surface area contributed by atoms with Crippen LogP contribution in [0.2, 0.25) is 0 Å². The second-order valence-electron chi connectivity index (χ2n) is 12.4. The van der Waals surface area contributed by atoms with Crippen molar-refractivity contribution in [1.82, 2.24) is 0 Å². The molecule has 0 fully saturated rings. The van der Waals surface area contributed by atoms with E-state index in [-0.39, 0.29) is 117 Å². The van der Waals surface area contributed by atoms with Crippen molar-refractivity contribution in [1.29, 1.82) is 0 Å². The van der Waals surface area contributed by atoms with Gasteiger partial charge in [0, 0.05) is 13.8 Å². The molecule has 0 aliphatic carbocycles. The van der Waals surface area contributed by atoms with Gasteiger partial charge in [0.2, 0.25) is 0 Å². The number of hydrogen-bond acceptors (Lipinski definition) is 8. The quantitative estimate of drug-likeness (QED) is 0.0347. The van der Waals surface area contributed by atoms with E-state index in [1.165, 1.54) is 0 Å². The fourth-order valence-electron chi connectivity index (χ4n) is 5.46. The van der Waals surface area contributed by atoms with E-state index in [4.69, 9.17) is 28.4 Å². The summed E-state index contributed by atoms with van der Waals surface area (Å²) < 4.78 is 93.7. The summed E-state index contributed by atoms with van der Waals surface area (Å²) in [4.78, 5) is 25.0. The lowest BCUT2D eigenvalue weighted by Gasteiger charge is -2.20. The zero-order valence-electron chi connectivity index (χ0n) is 36.6. The minimum Gasteiger partial charge on any atom is -0.490 e. The number of rotatable bonds is 22. The number of benzene rings is 4. The Bertz CT molecular complexity index is 1910. The number of unbranched alkanes of at least 4 members (excludes halogenated alkanes) is 8. The van der Waals surface area contributed by atoms with Crippen molar-refractivity contribution in [2.75, 3.05) is 26.4 Å². The minimum absolute atomic E-state index is 0.000233. The largest absolute Gasteiger partial charge is 0.490 e. The number of carbonyl (C=O) groups excluding carboxylic acids is 2. The Hall–Kier alpha value is -4.20. The molecule has 0 radical (unpaired) electrons. The molecule has 4 rings (SSSR count). The molecule has 50 heavy (non-hydrogen) atoms. The van der Waals surface area contributed by atoms with Gasteiger partial charge in [-0.15, -0.1) is 0 Å². The Kier molecular flexibility index (Phi) is 12.2. The van der Waals surface area contributed by atoms with Crippen LogP contribution in [0.15, 0.2) is 36.3 Å². The molecule has 0 aromatic heterocycles. The van der Waals surface area contributed by atoms with Crippen LogP contribution in [0.25, 0.3) is 32.3 Å². The van der Waals surface area contributed by atoms with Gasteiger partial charge in [-0.2, -0.15) is 0 Å². The van der Waals surface area contributed by atoms with Crippen molar-refractivity contribution in [3.8, 4) is 34.5 Å². The highest BCUT2D eigenvalue weighted by atomic mass is 16.6. The molecule has 272 valence electrons. The van der Waals surface area contributed by atoms with Crippen LogP contribution in [0.4, 0.5) is 0 Å². The number of hydrogen-bond donors (Lipinski definition) is 0. The Balaban J connectivity index is 2.35. The molecule has 0 spiro atoms. The highest BCUT2D eigenvalue weighted by Gasteiger charge is 2.21. The smallest absolute Gasteiger partial charge is 0.308 e. The molecule has 0 amide bonds. The Morgan fingerprint density at radius 3 is 0.860 bits per heavy atom. The van der Waals surface area contributed by atoms with Crippen LogP contribution in [0.3, 0.4) is 0 Å². The summed E-state index contributed by atoms with van der Waals surface area (Å²) in [6.45, 7) is 11.2. The fraction of sp³-hybridized carbons (Fsp3) is 0.524. The molecule has 0 saturated carbocycles. The SMILES string of the molecule is [2H]c1c(OCCCCC)c(OCCCCC)c([2H])c2c1c1c([2H])c(OCCCCC)c(OC(C)=O)c([2H])c1c1c([2H])c(OC(C)=O)c(OCCCCC)c([2H])c21. The Morgan fingerprint density at radius 2 is 0.640 bits per heavy atom.